The smallest absolute Gasteiger partial charge is 0.230 e. The van der Waals surface area contributed by atoms with Crippen molar-refractivity contribution in [3.05, 3.63) is 94.5 Å². The molecule has 1 N–H and O–H groups in total. The van der Waals surface area contributed by atoms with Gasteiger partial charge in [0.05, 0.1) is 27.9 Å². The molecule has 0 aromatic heterocycles. The summed E-state index contributed by atoms with van der Waals surface area (Å²) in [4.78, 5) is 22.1. The van der Waals surface area contributed by atoms with Crippen molar-refractivity contribution in [1.82, 2.24) is 5.32 Å². The number of hydrogen-bond donors (Lipinski definition) is 1. The van der Waals surface area contributed by atoms with Crippen molar-refractivity contribution in [1.29, 1.82) is 0 Å². The number of halogens is 1. The van der Waals surface area contributed by atoms with E-state index in [-0.39, 0.29) is 5.91 Å². The van der Waals surface area contributed by atoms with Gasteiger partial charge in [0.25, 0.3) is 0 Å². The van der Waals surface area contributed by atoms with Crippen LogP contribution in [0.1, 0.15) is 23.1 Å². The summed E-state index contributed by atoms with van der Waals surface area (Å²) in [5, 5.41) is 4.53. The first-order chi connectivity index (χ1) is 15.1. The average Bonchev–Trinajstić information content (AvgIpc) is 2.97. The van der Waals surface area contributed by atoms with Crippen LogP contribution in [0.2, 0.25) is 5.02 Å². The van der Waals surface area contributed by atoms with Gasteiger partial charge in [0.15, 0.2) is 0 Å². The lowest BCUT2D eigenvalue weighted by molar-refractivity contribution is -0.118. The van der Waals surface area contributed by atoms with Crippen molar-refractivity contribution in [2.75, 3.05) is 5.75 Å². The zero-order valence-corrected chi connectivity index (χ0v) is 18.7. The molecule has 31 heavy (non-hydrogen) atoms. The molecule has 0 fully saturated rings. The van der Waals surface area contributed by atoms with Gasteiger partial charge in [-0.3, -0.25) is 9.79 Å². The molecule has 4 nitrogen and oxygen atoms in total. The summed E-state index contributed by atoms with van der Waals surface area (Å²) in [5.41, 5.74) is 5.84. The van der Waals surface area contributed by atoms with Gasteiger partial charge in [-0.1, -0.05) is 65.7 Å². The van der Waals surface area contributed by atoms with E-state index in [1.165, 1.54) is 17.3 Å². The quantitative estimate of drug-likeness (QED) is 0.502. The van der Waals surface area contributed by atoms with E-state index in [0.29, 0.717) is 23.7 Å². The SMILES string of the molecule is Cc1ccc(CNC(=O)CSC2=Nc3ccccc3N=C(c3ccc(Cl)cc3)C2)cc1. The van der Waals surface area contributed by atoms with Gasteiger partial charge in [-0.15, -0.1) is 11.8 Å². The third kappa shape index (κ3) is 5.84. The first-order valence-corrected chi connectivity index (χ1v) is 11.4. The Balaban J connectivity index is 1.45. The highest BCUT2D eigenvalue weighted by molar-refractivity contribution is 8.14. The van der Waals surface area contributed by atoms with E-state index in [1.807, 2.05) is 79.7 Å². The van der Waals surface area contributed by atoms with Gasteiger partial charge in [0.1, 0.15) is 0 Å². The highest BCUT2D eigenvalue weighted by atomic mass is 35.5. The largest absolute Gasteiger partial charge is 0.351 e. The molecule has 0 saturated heterocycles. The second kappa shape index (κ2) is 9.94. The van der Waals surface area contributed by atoms with Crippen LogP contribution in [0.5, 0.6) is 0 Å². The lowest BCUT2D eigenvalue weighted by atomic mass is 10.1. The summed E-state index contributed by atoms with van der Waals surface area (Å²) in [5.74, 6) is 0.289. The second-order valence-corrected chi connectivity index (χ2v) is 8.77. The zero-order valence-electron chi connectivity index (χ0n) is 17.1. The first-order valence-electron chi connectivity index (χ1n) is 10.0. The lowest BCUT2D eigenvalue weighted by Gasteiger charge is -2.09. The molecule has 1 amide bonds. The molecular formula is C25H22ClN3OS. The number of carbonyl (C=O) groups excluding carboxylic acids is 1. The Hall–Kier alpha value is -2.89. The number of amides is 1. The summed E-state index contributed by atoms with van der Waals surface area (Å²) >= 11 is 7.50. The Labute approximate surface area is 191 Å². The molecule has 0 atom stereocenters. The molecule has 0 bridgehead atoms. The minimum absolute atomic E-state index is 0.0178. The van der Waals surface area contributed by atoms with Crippen molar-refractivity contribution in [2.45, 2.75) is 19.9 Å². The number of benzene rings is 3. The number of fused-ring (bicyclic) bond motifs is 1. The van der Waals surface area contributed by atoms with Crippen molar-refractivity contribution >= 4 is 51.4 Å². The van der Waals surface area contributed by atoms with Crippen LogP contribution in [0.3, 0.4) is 0 Å². The predicted molar refractivity (Wildman–Crippen MR) is 131 cm³/mol. The monoisotopic (exact) mass is 447 g/mol. The topological polar surface area (TPSA) is 53.8 Å². The van der Waals surface area contributed by atoms with Crippen molar-refractivity contribution in [2.24, 2.45) is 9.98 Å². The van der Waals surface area contributed by atoms with Crippen LogP contribution in [0.4, 0.5) is 11.4 Å². The molecule has 0 spiro atoms. The number of nitrogens with one attached hydrogen (secondary N) is 1. The molecule has 0 radical (unpaired) electrons. The number of aryl methyl sites for hydroxylation is 1. The fourth-order valence-electron chi connectivity index (χ4n) is 3.15. The molecule has 6 heteroatoms. The summed E-state index contributed by atoms with van der Waals surface area (Å²) < 4.78 is 0. The number of thioether (sulfide) groups is 1. The third-order valence-corrected chi connectivity index (χ3v) is 6.09. The summed E-state index contributed by atoms with van der Waals surface area (Å²) in [6.45, 7) is 2.57. The van der Waals surface area contributed by atoms with E-state index >= 15 is 0 Å². The molecule has 4 rings (SSSR count). The molecule has 0 saturated carbocycles. The maximum Gasteiger partial charge on any atom is 0.230 e. The molecule has 3 aromatic carbocycles. The van der Waals surface area contributed by atoms with Gasteiger partial charge in [-0.05, 0) is 42.3 Å². The zero-order chi connectivity index (χ0) is 21.6. The highest BCUT2D eigenvalue weighted by Gasteiger charge is 2.16. The van der Waals surface area contributed by atoms with Crippen LogP contribution in [0.25, 0.3) is 0 Å². The lowest BCUT2D eigenvalue weighted by Crippen LogP contribution is -2.25. The van der Waals surface area contributed by atoms with Gasteiger partial charge < -0.3 is 5.32 Å². The van der Waals surface area contributed by atoms with E-state index in [9.17, 15) is 4.79 Å². The van der Waals surface area contributed by atoms with Crippen LogP contribution >= 0.6 is 23.4 Å². The summed E-state index contributed by atoms with van der Waals surface area (Å²) in [6, 6.07) is 23.6. The van der Waals surface area contributed by atoms with E-state index < -0.39 is 0 Å². The van der Waals surface area contributed by atoms with Crippen molar-refractivity contribution in [3.63, 3.8) is 0 Å². The summed E-state index contributed by atoms with van der Waals surface area (Å²) in [7, 11) is 0. The van der Waals surface area contributed by atoms with Crippen molar-refractivity contribution < 1.29 is 4.79 Å². The van der Waals surface area contributed by atoms with Gasteiger partial charge in [-0.25, -0.2) is 4.99 Å². The predicted octanol–water partition coefficient (Wildman–Crippen LogP) is 6.25. The maximum absolute atomic E-state index is 12.4. The molecule has 3 aromatic rings. The fourth-order valence-corrected chi connectivity index (χ4v) is 4.08. The normalized spacial score (nSPS) is 13.0. The molecule has 1 aliphatic heterocycles. The third-order valence-electron chi connectivity index (χ3n) is 4.86. The molecule has 1 heterocycles. The van der Waals surface area contributed by atoms with E-state index in [2.05, 4.69) is 5.32 Å². The van der Waals surface area contributed by atoms with E-state index in [0.717, 1.165) is 33.3 Å². The van der Waals surface area contributed by atoms with E-state index in [1.54, 1.807) is 0 Å². The van der Waals surface area contributed by atoms with Crippen molar-refractivity contribution in [3.8, 4) is 0 Å². The Bertz CT molecular complexity index is 1140. The minimum Gasteiger partial charge on any atom is -0.351 e. The van der Waals surface area contributed by atoms with Crippen LogP contribution in [-0.4, -0.2) is 22.4 Å². The average molecular weight is 448 g/mol. The van der Waals surface area contributed by atoms with Crippen LogP contribution in [0, 0.1) is 6.92 Å². The molecule has 156 valence electrons. The van der Waals surface area contributed by atoms with Gasteiger partial charge in [0.2, 0.25) is 5.91 Å². The number of para-hydroxylation sites is 2. The number of nitrogens with zero attached hydrogens (tertiary/aromatic N) is 2. The fraction of sp³-hybridized carbons (Fsp3) is 0.160. The molecular weight excluding hydrogens is 426 g/mol. The Morgan fingerprint density at radius 2 is 1.65 bits per heavy atom. The Kier molecular flexibility index (Phi) is 6.85. The summed E-state index contributed by atoms with van der Waals surface area (Å²) in [6.07, 6.45) is 0.562. The van der Waals surface area contributed by atoms with E-state index in [4.69, 9.17) is 21.6 Å². The molecule has 0 unspecified atom stereocenters. The minimum atomic E-state index is -0.0178. The van der Waals surface area contributed by atoms with Crippen LogP contribution in [-0.2, 0) is 11.3 Å². The van der Waals surface area contributed by atoms with Gasteiger partial charge in [-0.2, -0.15) is 0 Å². The molecule has 0 aliphatic carbocycles. The van der Waals surface area contributed by atoms with Crippen LogP contribution in [0.15, 0.2) is 82.8 Å². The van der Waals surface area contributed by atoms with Gasteiger partial charge in [0, 0.05) is 18.0 Å². The Morgan fingerprint density at radius 3 is 2.35 bits per heavy atom. The maximum atomic E-state index is 12.4. The second-order valence-electron chi connectivity index (χ2n) is 7.29. The van der Waals surface area contributed by atoms with Gasteiger partial charge >= 0.3 is 0 Å². The number of carbonyl (C=O) groups is 1. The number of aliphatic imine (C=N–C) groups is 2. The number of rotatable bonds is 5. The standard InChI is InChI=1S/C25H22ClN3OS/c1-17-6-8-18(9-7-17)15-27-24(30)16-31-25-14-23(19-10-12-20(26)13-11-19)28-21-4-2-3-5-22(21)29-25/h2-13H,14-16H2,1H3,(H,27,30). The number of hydrogen-bond acceptors (Lipinski definition) is 4. The highest BCUT2D eigenvalue weighted by Crippen LogP contribution is 2.33. The first kappa shape index (κ1) is 21.3. The Morgan fingerprint density at radius 1 is 0.968 bits per heavy atom. The van der Waals surface area contributed by atoms with Crippen LogP contribution < -0.4 is 5.32 Å². The molecule has 1 aliphatic rings.